The van der Waals surface area contributed by atoms with Crippen LogP contribution in [-0.4, -0.2) is 9.55 Å². The van der Waals surface area contributed by atoms with E-state index in [1.54, 1.807) is 4.57 Å². The molecule has 90 valence electrons. The van der Waals surface area contributed by atoms with Crippen molar-refractivity contribution in [3.63, 3.8) is 0 Å². The van der Waals surface area contributed by atoms with Gasteiger partial charge in [0.1, 0.15) is 0 Å². The number of halogens is 2. The van der Waals surface area contributed by atoms with Crippen LogP contribution in [0.1, 0.15) is 0 Å². The molecule has 1 aromatic heterocycles. The minimum atomic E-state index is -0.889. The van der Waals surface area contributed by atoms with Crippen molar-refractivity contribution in [2.24, 2.45) is 0 Å². The van der Waals surface area contributed by atoms with Crippen LogP contribution in [0.25, 0.3) is 16.7 Å². The first kappa shape index (κ1) is 11.1. The van der Waals surface area contributed by atoms with Crippen molar-refractivity contribution in [1.29, 1.82) is 0 Å². The average Bonchev–Trinajstić information content (AvgIpc) is 2.69. The summed E-state index contributed by atoms with van der Waals surface area (Å²) in [5, 5.41) is 0. The average molecular weight is 262 g/mol. The molecule has 0 aliphatic carbocycles. The Bertz CT molecular complexity index is 789. The molecule has 2 aromatic carbocycles. The Morgan fingerprint density at radius 2 is 1.78 bits per heavy atom. The summed E-state index contributed by atoms with van der Waals surface area (Å²) in [5.41, 5.74) is 2.18. The minimum Gasteiger partial charge on any atom is -0.330 e. The van der Waals surface area contributed by atoms with Crippen molar-refractivity contribution < 1.29 is 8.78 Å². The van der Waals surface area contributed by atoms with Gasteiger partial charge in [-0.05, 0) is 36.5 Å². The standard InChI is InChI=1S/C13H8F2N2S/c14-9-6-5-8(7-10(9)15)17-12-4-2-1-3-11(12)16-13(17)18/h1-7H,(H,16,18). The third-order valence-corrected chi connectivity index (χ3v) is 3.04. The summed E-state index contributed by atoms with van der Waals surface area (Å²) in [6.07, 6.45) is 0. The number of nitrogens with zero attached hydrogens (tertiary/aromatic N) is 1. The minimum absolute atomic E-state index is 0.446. The fraction of sp³-hybridized carbons (Fsp3) is 0. The van der Waals surface area contributed by atoms with Crippen LogP contribution < -0.4 is 0 Å². The fourth-order valence-corrected chi connectivity index (χ4v) is 2.25. The number of hydrogen-bond acceptors (Lipinski definition) is 1. The molecule has 0 atom stereocenters. The zero-order valence-electron chi connectivity index (χ0n) is 9.15. The number of aromatic nitrogens is 2. The number of hydrogen-bond donors (Lipinski definition) is 1. The second kappa shape index (κ2) is 4.03. The SMILES string of the molecule is Fc1ccc(-n2c(=S)[nH]c3ccccc32)cc1F. The van der Waals surface area contributed by atoms with E-state index in [1.165, 1.54) is 6.07 Å². The summed E-state index contributed by atoms with van der Waals surface area (Å²) in [4.78, 5) is 3.02. The molecule has 0 amide bonds. The van der Waals surface area contributed by atoms with Gasteiger partial charge in [-0.1, -0.05) is 12.1 Å². The molecule has 0 radical (unpaired) electrons. The lowest BCUT2D eigenvalue weighted by Crippen LogP contribution is -1.96. The second-order valence-corrected chi connectivity index (χ2v) is 4.27. The summed E-state index contributed by atoms with van der Waals surface area (Å²) < 4.78 is 28.3. The van der Waals surface area contributed by atoms with Crippen molar-refractivity contribution in [3.8, 4) is 5.69 Å². The number of nitrogens with one attached hydrogen (secondary N) is 1. The third kappa shape index (κ3) is 1.64. The van der Waals surface area contributed by atoms with Gasteiger partial charge in [-0.3, -0.25) is 4.57 Å². The largest absolute Gasteiger partial charge is 0.330 e. The predicted molar refractivity (Wildman–Crippen MR) is 68.4 cm³/mol. The smallest absolute Gasteiger partial charge is 0.182 e. The van der Waals surface area contributed by atoms with Gasteiger partial charge in [0.25, 0.3) is 0 Å². The molecule has 0 unspecified atom stereocenters. The summed E-state index contributed by atoms with van der Waals surface area (Å²) in [6.45, 7) is 0. The van der Waals surface area contributed by atoms with Gasteiger partial charge < -0.3 is 4.98 Å². The molecule has 2 nitrogen and oxygen atoms in total. The highest BCUT2D eigenvalue weighted by molar-refractivity contribution is 7.71. The van der Waals surface area contributed by atoms with Crippen LogP contribution >= 0.6 is 12.2 Å². The van der Waals surface area contributed by atoms with E-state index in [0.717, 1.165) is 23.2 Å². The van der Waals surface area contributed by atoms with Gasteiger partial charge in [-0.2, -0.15) is 0 Å². The quantitative estimate of drug-likeness (QED) is 0.658. The van der Waals surface area contributed by atoms with Crippen LogP contribution in [0.5, 0.6) is 0 Å². The highest BCUT2D eigenvalue weighted by atomic mass is 32.1. The fourth-order valence-electron chi connectivity index (χ4n) is 1.94. The van der Waals surface area contributed by atoms with E-state index < -0.39 is 11.6 Å². The number of imidazole rings is 1. The molecule has 0 saturated heterocycles. The van der Waals surface area contributed by atoms with E-state index in [-0.39, 0.29) is 0 Å². The van der Waals surface area contributed by atoms with Crippen molar-refractivity contribution in [3.05, 3.63) is 58.9 Å². The van der Waals surface area contributed by atoms with E-state index in [0.29, 0.717) is 10.5 Å². The molecule has 0 spiro atoms. The number of aromatic amines is 1. The normalized spacial score (nSPS) is 11.0. The number of para-hydroxylation sites is 2. The van der Waals surface area contributed by atoms with Crippen LogP contribution in [0.3, 0.4) is 0 Å². The van der Waals surface area contributed by atoms with E-state index in [4.69, 9.17) is 12.2 Å². The summed E-state index contributed by atoms with van der Waals surface area (Å²) >= 11 is 5.20. The van der Waals surface area contributed by atoms with Crippen molar-refractivity contribution >= 4 is 23.3 Å². The lowest BCUT2D eigenvalue weighted by atomic mass is 10.2. The molecule has 3 rings (SSSR count). The molecule has 5 heteroatoms. The molecule has 1 heterocycles. The molecule has 3 aromatic rings. The summed E-state index contributed by atoms with van der Waals surface area (Å²) in [6, 6.07) is 11.2. The number of benzene rings is 2. The van der Waals surface area contributed by atoms with Gasteiger partial charge in [-0.15, -0.1) is 0 Å². The first-order valence-corrected chi connectivity index (χ1v) is 5.73. The molecule has 0 saturated carbocycles. The Balaban J connectivity index is 2.34. The van der Waals surface area contributed by atoms with Crippen LogP contribution in [0.4, 0.5) is 8.78 Å². The summed E-state index contributed by atoms with van der Waals surface area (Å²) in [5.74, 6) is -1.76. The molecular formula is C13H8F2N2S. The highest BCUT2D eigenvalue weighted by Gasteiger charge is 2.08. The third-order valence-electron chi connectivity index (χ3n) is 2.75. The number of H-pyrrole nitrogens is 1. The van der Waals surface area contributed by atoms with E-state index in [1.807, 2.05) is 24.3 Å². The molecule has 18 heavy (non-hydrogen) atoms. The van der Waals surface area contributed by atoms with E-state index >= 15 is 0 Å². The zero-order chi connectivity index (χ0) is 12.7. The number of rotatable bonds is 1. The first-order valence-electron chi connectivity index (χ1n) is 5.32. The van der Waals surface area contributed by atoms with Gasteiger partial charge in [-0.25, -0.2) is 8.78 Å². The molecule has 1 N–H and O–H groups in total. The lowest BCUT2D eigenvalue weighted by molar-refractivity contribution is 0.508. The van der Waals surface area contributed by atoms with Crippen LogP contribution in [-0.2, 0) is 0 Å². The second-order valence-electron chi connectivity index (χ2n) is 3.88. The Labute approximate surface area is 106 Å². The first-order chi connectivity index (χ1) is 8.66. The predicted octanol–water partition coefficient (Wildman–Crippen LogP) is 3.97. The molecule has 0 bridgehead atoms. The number of fused-ring (bicyclic) bond motifs is 1. The topological polar surface area (TPSA) is 20.7 Å². The van der Waals surface area contributed by atoms with Crippen molar-refractivity contribution in [2.75, 3.05) is 0 Å². The van der Waals surface area contributed by atoms with E-state index in [2.05, 4.69) is 4.98 Å². The van der Waals surface area contributed by atoms with Gasteiger partial charge in [0.05, 0.1) is 16.7 Å². The van der Waals surface area contributed by atoms with Crippen molar-refractivity contribution in [2.45, 2.75) is 0 Å². The Hall–Kier alpha value is -2.01. The maximum absolute atomic E-state index is 13.3. The maximum Gasteiger partial charge on any atom is 0.182 e. The maximum atomic E-state index is 13.3. The molecule has 0 aliphatic rings. The monoisotopic (exact) mass is 262 g/mol. The van der Waals surface area contributed by atoms with Gasteiger partial charge >= 0.3 is 0 Å². The Morgan fingerprint density at radius 3 is 2.56 bits per heavy atom. The van der Waals surface area contributed by atoms with Crippen LogP contribution in [0.15, 0.2) is 42.5 Å². The Morgan fingerprint density at radius 1 is 1.00 bits per heavy atom. The lowest BCUT2D eigenvalue weighted by Gasteiger charge is -2.04. The molecular weight excluding hydrogens is 254 g/mol. The molecule has 0 fully saturated rings. The zero-order valence-corrected chi connectivity index (χ0v) is 9.97. The summed E-state index contributed by atoms with van der Waals surface area (Å²) in [7, 11) is 0. The van der Waals surface area contributed by atoms with Gasteiger partial charge in [0.2, 0.25) is 0 Å². The van der Waals surface area contributed by atoms with Crippen LogP contribution in [0.2, 0.25) is 0 Å². The molecule has 0 aliphatic heterocycles. The van der Waals surface area contributed by atoms with Gasteiger partial charge in [0.15, 0.2) is 16.4 Å². The van der Waals surface area contributed by atoms with Gasteiger partial charge in [0, 0.05) is 6.07 Å². The highest BCUT2D eigenvalue weighted by Crippen LogP contribution is 2.20. The van der Waals surface area contributed by atoms with Crippen LogP contribution in [0, 0.1) is 16.4 Å². The van der Waals surface area contributed by atoms with Crippen molar-refractivity contribution in [1.82, 2.24) is 9.55 Å². The van der Waals surface area contributed by atoms with E-state index in [9.17, 15) is 8.78 Å². The Kier molecular flexibility index (Phi) is 2.48.